The number of nitrogens with one attached hydrogen (secondary N) is 2. The van der Waals surface area contributed by atoms with Gasteiger partial charge in [-0.15, -0.1) is 0 Å². The average molecular weight is 477 g/mol. The number of oxazole rings is 1. The van der Waals surface area contributed by atoms with Gasteiger partial charge in [0.05, 0.1) is 6.54 Å². The molecule has 2 aliphatic rings. The normalized spacial score (nSPS) is 15.1. The van der Waals surface area contributed by atoms with E-state index in [0.29, 0.717) is 0 Å². The Hall–Kier alpha value is -4.18. The fraction of sp³-hybridized carbons (Fsp3) is 0.280. The number of carbonyl (C=O) groups excluding carboxylic acids is 2. The van der Waals surface area contributed by atoms with Crippen molar-refractivity contribution in [2.24, 2.45) is 5.92 Å². The second-order valence-corrected chi connectivity index (χ2v) is 8.45. The van der Waals surface area contributed by atoms with E-state index in [4.69, 9.17) is 14.0 Å². The fourth-order valence-corrected chi connectivity index (χ4v) is 4.30. The summed E-state index contributed by atoms with van der Waals surface area (Å²) in [6, 6.07) is 16.0. The number of hydrogen-bond donors (Lipinski definition) is 3. The Morgan fingerprint density at radius 1 is 1.06 bits per heavy atom. The first-order chi connectivity index (χ1) is 17.0. The highest BCUT2D eigenvalue weighted by Gasteiger charge is 2.38. The van der Waals surface area contributed by atoms with Gasteiger partial charge in [0.1, 0.15) is 6.61 Å². The molecule has 10 nitrogen and oxygen atoms in total. The molecule has 2 aliphatic carbocycles. The van der Waals surface area contributed by atoms with Gasteiger partial charge in [0.25, 0.3) is 5.91 Å². The van der Waals surface area contributed by atoms with Crippen LogP contribution in [-0.4, -0.2) is 40.8 Å². The van der Waals surface area contributed by atoms with Crippen LogP contribution in [0.15, 0.2) is 59.3 Å². The minimum absolute atomic E-state index is 0.0782. The third-order valence-corrected chi connectivity index (χ3v) is 6.17. The number of hydroxylamine groups is 1. The van der Waals surface area contributed by atoms with Crippen LogP contribution in [0.1, 0.15) is 46.1 Å². The molecule has 0 spiro atoms. The maximum Gasteiger partial charge on any atom is 0.407 e. The Morgan fingerprint density at radius 3 is 2.34 bits per heavy atom. The van der Waals surface area contributed by atoms with Gasteiger partial charge in [-0.3, -0.25) is 9.63 Å². The lowest BCUT2D eigenvalue weighted by Crippen LogP contribution is -2.36. The topological polar surface area (TPSA) is 140 Å². The molecule has 0 radical (unpaired) electrons. The van der Waals surface area contributed by atoms with Gasteiger partial charge < -0.3 is 19.6 Å². The summed E-state index contributed by atoms with van der Waals surface area (Å²) in [6.07, 6.45) is 0.719. The minimum atomic E-state index is -1.15. The van der Waals surface area contributed by atoms with Gasteiger partial charge >= 0.3 is 12.1 Å². The zero-order chi connectivity index (χ0) is 24.4. The summed E-state index contributed by atoms with van der Waals surface area (Å²) in [5, 5.41) is 11.7. The molecule has 0 saturated heterocycles. The van der Waals surface area contributed by atoms with E-state index in [9.17, 15) is 19.5 Å². The number of ether oxygens (including phenoxy) is 1. The molecule has 5 rings (SSSR count). The quantitative estimate of drug-likeness (QED) is 0.399. The Kier molecular flexibility index (Phi) is 6.19. The first-order valence-electron chi connectivity index (χ1n) is 11.2. The third kappa shape index (κ3) is 4.73. The van der Waals surface area contributed by atoms with E-state index in [1.807, 2.05) is 36.4 Å². The number of fused-ring (bicyclic) bond motifs is 3. The molecular formula is C25H23N3O7. The van der Waals surface area contributed by atoms with E-state index in [1.165, 1.54) is 0 Å². The third-order valence-electron chi connectivity index (χ3n) is 6.17. The van der Waals surface area contributed by atoms with E-state index in [-0.39, 0.29) is 36.4 Å². The number of rotatable bonds is 9. The molecule has 1 unspecified atom stereocenters. The van der Waals surface area contributed by atoms with E-state index < -0.39 is 24.1 Å². The molecule has 35 heavy (non-hydrogen) atoms. The molecule has 0 aliphatic heterocycles. The van der Waals surface area contributed by atoms with Crippen molar-refractivity contribution in [1.29, 1.82) is 0 Å². The summed E-state index contributed by atoms with van der Waals surface area (Å²) < 4.78 is 10.7. The van der Waals surface area contributed by atoms with Crippen LogP contribution in [0.4, 0.5) is 4.79 Å². The number of carboxylic acids is 1. The highest BCUT2D eigenvalue weighted by atomic mass is 16.7. The fourth-order valence-electron chi connectivity index (χ4n) is 4.30. The Labute approximate surface area is 200 Å². The molecule has 10 heteroatoms. The molecule has 2 amide bonds. The number of alkyl carbamates (subject to hydrolysis) is 1. The van der Waals surface area contributed by atoms with Crippen molar-refractivity contribution in [2.75, 3.05) is 6.61 Å². The molecule has 180 valence electrons. The van der Waals surface area contributed by atoms with Crippen LogP contribution in [0.2, 0.25) is 0 Å². The molecule has 1 heterocycles. The predicted octanol–water partition coefficient (Wildman–Crippen LogP) is 3.24. The number of benzene rings is 2. The van der Waals surface area contributed by atoms with Crippen molar-refractivity contribution in [3.63, 3.8) is 0 Å². The van der Waals surface area contributed by atoms with Gasteiger partial charge in [-0.1, -0.05) is 48.5 Å². The van der Waals surface area contributed by atoms with E-state index in [0.717, 1.165) is 41.5 Å². The van der Waals surface area contributed by atoms with Gasteiger partial charge in [-0.25, -0.2) is 20.1 Å². The van der Waals surface area contributed by atoms with Crippen LogP contribution in [0.3, 0.4) is 0 Å². The summed E-state index contributed by atoms with van der Waals surface area (Å²) in [4.78, 5) is 44.9. The van der Waals surface area contributed by atoms with Gasteiger partial charge in [-0.05, 0) is 41.0 Å². The summed E-state index contributed by atoms with van der Waals surface area (Å²) in [5.74, 6) is -2.04. The van der Waals surface area contributed by atoms with Crippen LogP contribution in [0.25, 0.3) is 11.1 Å². The van der Waals surface area contributed by atoms with E-state index in [1.54, 1.807) is 0 Å². The summed E-state index contributed by atoms with van der Waals surface area (Å²) in [7, 11) is 0. The second kappa shape index (κ2) is 9.59. The van der Waals surface area contributed by atoms with Gasteiger partial charge in [-0.2, -0.15) is 0 Å². The standard InChI is InChI=1S/C25H23N3O7/c29-23(28-35-22(24(30)31)14-9-10-14)21-20(34-13-27-21)11-26-25(32)33-12-19-17-7-3-1-5-15(17)16-6-2-4-8-18(16)19/h1-8,13-14,19,22H,9-12H2,(H,26,32)(H,28,29)(H,30,31). The zero-order valence-corrected chi connectivity index (χ0v) is 18.6. The molecule has 1 fully saturated rings. The SMILES string of the molecule is O=C(NCc1ocnc1C(=O)NOC(C(=O)O)C1CC1)OCC1c2ccccc2-c2ccccc21. The van der Waals surface area contributed by atoms with Crippen molar-refractivity contribution in [3.05, 3.63) is 77.5 Å². The molecule has 3 aromatic rings. The van der Waals surface area contributed by atoms with Crippen molar-refractivity contribution >= 4 is 18.0 Å². The maximum absolute atomic E-state index is 12.4. The van der Waals surface area contributed by atoms with Crippen LogP contribution in [-0.2, 0) is 20.9 Å². The van der Waals surface area contributed by atoms with Gasteiger partial charge in [0, 0.05) is 5.92 Å². The number of aromatic nitrogens is 1. The smallest absolute Gasteiger partial charge is 0.407 e. The molecular weight excluding hydrogens is 454 g/mol. The Bertz CT molecular complexity index is 1220. The molecule has 1 aromatic heterocycles. The van der Waals surface area contributed by atoms with Crippen molar-refractivity contribution in [1.82, 2.24) is 15.8 Å². The first kappa shape index (κ1) is 22.6. The lowest BCUT2D eigenvalue weighted by atomic mass is 9.98. The zero-order valence-electron chi connectivity index (χ0n) is 18.6. The summed E-state index contributed by atoms with van der Waals surface area (Å²) >= 11 is 0. The minimum Gasteiger partial charge on any atom is -0.479 e. The van der Waals surface area contributed by atoms with Crippen LogP contribution >= 0.6 is 0 Å². The number of aliphatic carboxylic acids is 1. The van der Waals surface area contributed by atoms with Crippen LogP contribution < -0.4 is 10.8 Å². The number of amides is 2. The van der Waals surface area contributed by atoms with Crippen molar-refractivity contribution < 1.29 is 33.5 Å². The monoisotopic (exact) mass is 477 g/mol. The number of nitrogens with zero attached hydrogens (tertiary/aromatic N) is 1. The van der Waals surface area contributed by atoms with Crippen LogP contribution in [0, 0.1) is 5.92 Å². The first-order valence-corrected chi connectivity index (χ1v) is 11.2. The highest BCUT2D eigenvalue weighted by Crippen LogP contribution is 2.44. The summed E-state index contributed by atoms with van der Waals surface area (Å²) in [6.45, 7) is -0.000394. The molecule has 2 aromatic carbocycles. The molecule has 0 bridgehead atoms. The second-order valence-electron chi connectivity index (χ2n) is 8.45. The van der Waals surface area contributed by atoms with Crippen molar-refractivity contribution in [2.45, 2.75) is 31.4 Å². The van der Waals surface area contributed by atoms with Crippen molar-refractivity contribution in [3.8, 4) is 11.1 Å². The lowest BCUT2D eigenvalue weighted by molar-refractivity contribution is -0.155. The molecule has 3 N–H and O–H groups in total. The Balaban J connectivity index is 1.15. The Morgan fingerprint density at radius 2 is 1.71 bits per heavy atom. The number of carboxylic acid groups (broad SMARTS) is 1. The van der Waals surface area contributed by atoms with E-state index in [2.05, 4.69) is 27.9 Å². The lowest BCUT2D eigenvalue weighted by Gasteiger charge is -2.14. The predicted molar refractivity (Wildman–Crippen MR) is 121 cm³/mol. The van der Waals surface area contributed by atoms with Crippen LogP contribution in [0.5, 0.6) is 0 Å². The number of carbonyl (C=O) groups is 3. The van der Waals surface area contributed by atoms with E-state index >= 15 is 0 Å². The summed E-state index contributed by atoms with van der Waals surface area (Å²) in [5.41, 5.74) is 6.44. The molecule has 1 atom stereocenters. The largest absolute Gasteiger partial charge is 0.479 e. The molecule has 1 saturated carbocycles. The average Bonchev–Trinajstić information content (AvgIpc) is 3.49. The van der Waals surface area contributed by atoms with Gasteiger partial charge in [0.15, 0.2) is 24.0 Å². The highest BCUT2D eigenvalue weighted by molar-refractivity contribution is 5.92. The van der Waals surface area contributed by atoms with Gasteiger partial charge in [0.2, 0.25) is 0 Å². The number of hydrogen-bond acceptors (Lipinski definition) is 7. The maximum atomic E-state index is 12.4.